The van der Waals surface area contributed by atoms with E-state index in [2.05, 4.69) is 25.9 Å². The Labute approximate surface area is 225 Å². The SMILES string of the molecule is O=C(CCC(F)(F)F)NCc1cnn2cc([C@@H](NC(=O)c3conc3CC3CC3)C3CCC(F)(F)CC3)nc2c1. The van der Waals surface area contributed by atoms with E-state index >= 15 is 0 Å². The van der Waals surface area contributed by atoms with Gasteiger partial charge in [0.25, 0.3) is 5.91 Å². The van der Waals surface area contributed by atoms with Gasteiger partial charge < -0.3 is 15.2 Å². The van der Waals surface area contributed by atoms with Crippen LogP contribution in [0.5, 0.6) is 0 Å². The molecule has 2 amide bonds. The van der Waals surface area contributed by atoms with Crippen LogP contribution in [0.2, 0.25) is 0 Å². The first kappa shape index (κ1) is 28.0. The van der Waals surface area contributed by atoms with Gasteiger partial charge in [-0.3, -0.25) is 9.59 Å². The van der Waals surface area contributed by atoms with Gasteiger partial charge in [-0.1, -0.05) is 5.16 Å². The third-order valence-electron chi connectivity index (χ3n) is 7.43. The number of fused-ring (bicyclic) bond motifs is 1. The van der Waals surface area contributed by atoms with Crippen molar-refractivity contribution in [2.75, 3.05) is 0 Å². The lowest BCUT2D eigenvalue weighted by molar-refractivity contribution is -0.144. The van der Waals surface area contributed by atoms with Gasteiger partial charge in [0.2, 0.25) is 11.8 Å². The molecule has 0 spiro atoms. The van der Waals surface area contributed by atoms with Gasteiger partial charge in [-0.15, -0.1) is 0 Å². The number of aromatic nitrogens is 4. The van der Waals surface area contributed by atoms with Crippen molar-refractivity contribution in [3.8, 4) is 0 Å². The molecular weight excluding hydrogens is 539 g/mol. The molecule has 3 aromatic heterocycles. The molecule has 3 heterocycles. The van der Waals surface area contributed by atoms with Crippen molar-refractivity contribution >= 4 is 17.5 Å². The fourth-order valence-corrected chi connectivity index (χ4v) is 4.96. The minimum absolute atomic E-state index is 0.0441. The standard InChI is InChI=1S/C26H29F5N6O3/c27-25(28)6-3-17(4-7-25)23(35-24(39)18-14-40-36-19(18)9-15-1-2-15)20-13-37-21(34-20)10-16(12-33-37)11-32-22(38)5-8-26(29,30)31/h10,12-15,17,23H,1-9,11H2,(H,32,38)(H,35,39)/t23-/m0/s1. The molecule has 216 valence electrons. The number of amides is 2. The van der Waals surface area contributed by atoms with Crippen molar-refractivity contribution in [3.05, 3.63) is 47.2 Å². The first-order valence-electron chi connectivity index (χ1n) is 13.3. The summed E-state index contributed by atoms with van der Waals surface area (Å²) in [6, 6.07) is 0.932. The largest absolute Gasteiger partial charge is 0.389 e. The van der Waals surface area contributed by atoms with Crippen molar-refractivity contribution in [2.45, 2.75) is 82.5 Å². The second-order valence-electron chi connectivity index (χ2n) is 10.7. The topological polar surface area (TPSA) is 114 Å². The number of hydrogen-bond donors (Lipinski definition) is 2. The van der Waals surface area contributed by atoms with Crippen LogP contribution in [0.4, 0.5) is 22.0 Å². The van der Waals surface area contributed by atoms with Crippen LogP contribution in [-0.4, -0.2) is 43.7 Å². The van der Waals surface area contributed by atoms with Gasteiger partial charge in [-0.2, -0.15) is 18.3 Å². The molecule has 0 aromatic carbocycles. The highest BCUT2D eigenvalue weighted by Gasteiger charge is 2.40. The molecule has 40 heavy (non-hydrogen) atoms. The minimum Gasteiger partial charge on any atom is -0.364 e. The Morgan fingerprint density at radius 2 is 1.93 bits per heavy atom. The summed E-state index contributed by atoms with van der Waals surface area (Å²) in [4.78, 5) is 29.7. The predicted molar refractivity (Wildman–Crippen MR) is 130 cm³/mol. The van der Waals surface area contributed by atoms with Gasteiger partial charge >= 0.3 is 6.18 Å². The van der Waals surface area contributed by atoms with Gasteiger partial charge in [0.1, 0.15) is 11.8 Å². The van der Waals surface area contributed by atoms with Crippen LogP contribution < -0.4 is 10.6 Å². The zero-order valence-corrected chi connectivity index (χ0v) is 21.5. The molecule has 1 atom stereocenters. The highest BCUT2D eigenvalue weighted by atomic mass is 19.4. The molecule has 9 nitrogen and oxygen atoms in total. The van der Waals surface area contributed by atoms with E-state index in [-0.39, 0.29) is 38.1 Å². The Morgan fingerprint density at radius 3 is 2.62 bits per heavy atom. The maximum Gasteiger partial charge on any atom is 0.389 e. The third-order valence-corrected chi connectivity index (χ3v) is 7.43. The molecule has 14 heteroatoms. The first-order chi connectivity index (χ1) is 19.0. The molecule has 2 aliphatic carbocycles. The number of halogens is 5. The Kier molecular flexibility index (Phi) is 7.78. The average Bonchev–Trinajstić information content (AvgIpc) is 3.41. The monoisotopic (exact) mass is 568 g/mol. The normalized spacial score (nSPS) is 18.5. The van der Waals surface area contributed by atoms with Crippen molar-refractivity contribution in [2.24, 2.45) is 11.8 Å². The number of carbonyl (C=O) groups excluding carboxylic acids is 2. The van der Waals surface area contributed by atoms with Crippen LogP contribution in [0, 0.1) is 11.8 Å². The highest BCUT2D eigenvalue weighted by molar-refractivity contribution is 5.95. The van der Waals surface area contributed by atoms with Gasteiger partial charge in [0, 0.05) is 25.8 Å². The van der Waals surface area contributed by atoms with Crippen LogP contribution in [0.1, 0.15) is 84.7 Å². The second kappa shape index (κ2) is 11.1. The Hall–Kier alpha value is -3.58. The van der Waals surface area contributed by atoms with E-state index in [1.807, 2.05) is 0 Å². The summed E-state index contributed by atoms with van der Waals surface area (Å²) >= 11 is 0. The lowest BCUT2D eigenvalue weighted by Gasteiger charge is -2.33. The average molecular weight is 569 g/mol. The smallest absolute Gasteiger partial charge is 0.364 e. The van der Waals surface area contributed by atoms with Crippen LogP contribution >= 0.6 is 0 Å². The zero-order valence-electron chi connectivity index (χ0n) is 21.5. The summed E-state index contributed by atoms with van der Waals surface area (Å²) in [6.07, 6.45) is 0.586. The number of nitrogens with one attached hydrogen (secondary N) is 2. The van der Waals surface area contributed by atoms with E-state index in [0.717, 1.165) is 12.8 Å². The lowest BCUT2D eigenvalue weighted by Crippen LogP contribution is -2.37. The van der Waals surface area contributed by atoms with Crippen molar-refractivity contribution in [1.29, 1.82) is 0 Å². The molecule has 3 aromatic rings. The van der Waals surface area contributed by atoms with E-state index in [0.29, 0.717) is 40.5 Å². The second-order valence-corrected chi connectivity index (χ2v) is 10.7. The molecule has 2 N–H and O–H groups in total. The molecule has 0 unspecified atom stereocenters. The minimum atomic E-state index is -4.42. The van der Waals surface area contributed by atoms with Crippen LogP contribution in [0.15, 0.2) is 29.2 Å². The van der Waals surface area contributed by atoms with Crippen molar-refractivity contribution < 1.29 is 36.1 Å². The lowest BCUT2D eigenvalue weighted by atomic mass is 9.81. The summed E-state index contributed by atoms with van der Waals surface area (Å²) in [7, 11) is 0. The molecule has 2 fully saturated rings. The number of nitrogens with zero attached hydrogens (tertiary/aromatic N) is 4. The zero-order chi connectivity index (χ0) is 28.5. The van der Waals surface area contributed by atoms with Crippen LogP contribution in [-0.2, 0) is 17.8 Å². The Bertz CT molecular complexity index is 1360. The van der Waals surface area contributed by atoms with Crippen molar-refractivity contribution in [1.82, 2.24) is 30.4 Å². The van der Waals surface area contributed by atoms with E-state index in [4.69, 9.17) is 4.52 Å². The number of rotatable bonds is 10. The van der Waals surface area contributed by atoms with Gasteiger partial charge in [0.05, 0.1) is 36.2 Å². The number of carbonyl (C=O) groups is 2. The molecule has 2 saturated carbocycles. The van der Waals surface area contributed by atoms with Gasteiger partial charge in [0.15, 0.2) is 5.65 Å². The summed E-state index contributed by atoms with van der Waals surface area (Å²) in [5.41, 5.74) is 2.19. The van der Waals surface area contributed by atoms with E-state index in [1.165, 1.54) is 17.0 Å². The van der Waals surface area contributed by atoms with Gasteiger partial charge in [-0.25, -0.2) is 18.3 Å². The molecular formula is C26H29F5N6O3. The van der Waals surface area contributed by atoms with Crippen LogP contribution in [0.3, 0.4) is 0 Å². The quantitative estimate of drug-likeness (QED) is 0.336. The molecule has 0 bridgehead atoms. The Balaban J connectivity index is 1.33. The van der Waals surface area contributed by atoms with E-state index in [1.54, 1.807) is 12.3 Å². The summed E-state index contributed by atoms with van der Waals surface area (Å²) in [5.74, 6) is -3.75. The summed E-state index contributed by atoms with van der Waals surface area (Å²) in [6.45, 7) is -0.0441. The highest BCUT2D eigenvalue weighted by Crippen LogP contribution is 2.41. The van der Waals surface area contributed by atoms with Gasteiger partial charge in [-0.05, 0) is 55.6 Å². The van der Waals surface area contributed by atoms with E-state index < -0.39 is 42.8 Å². The molecule has 2 aliphatic rings. The summed E-state index contributed by atoms with van der Waals surface area (Å²) < 4.78 is 71.4. The number of imidazole rings is 1. The molecule has 0 radical (unpaired) electrons. The summed E-state index contributed by atoms with van der Waals surface area (Å²) in [5, 5.41) is 13.6. The van der Waals surface area contributed by atoms with E-state index in [9.17, 15) is 31.5 Å². The fourth-order valence-electron chi connectivity index (χ4n) is 4.96. The number of alkyl halides is 5. The fraction of sp³-hybridized carbons (Fsp3) is 0.577. The first-order valence-corrected chi connectivity index (χ1v) is 13.3. The third kappa shape index (κ3) is 7.13. The predicted octanol–water partition coefficient (Wildman–Crippen LogP) is 4.93. The van der Waals surface area contributed by atoms with Crippen LogP contribution in [0.25, 0.3) is 5.65 Å². The Morgan fingerprint density at radius 1 is 1.18 bits per heavy atom. The van der Waals surface area contributed by atoms with Crippen molar-refractivity contribution in [3.63, 3.8) is 0 Å². The number of hydrogen-bond acceptors (Lipinski definition) is 6. The maximum atomic E-state index is 13.9. The molecule has 0 aliphatic heterocycles. The molecule has 0 saturated heterocycles. The maximum absolute atomic E-state index is 13.9. The molecule has 5 rings (SSSR count).